The number of nitrogens with one attached hydrogen (secondary N) is 1. The molecule has 35 heavy (non-hydrogen) atoms. The molecule has 186 valence electrons. The molecule has 0 aliphatic carbocycles. The van der Waals surface area contributed by atoms with Crippen LogP contribution in [0.3, 0.4) is 0 Å². The van der Waals surface area contributed by atoms with Gasteiger partial charge in [-0.2, -0.15) is 11.8 Å². The molecule has 0 aliphatic rings. The summed E-state index contributed by atoms with van der Waals surface area (Å²) in [4.78, 5) is 12.8. The van der Waals surface area contributed by atoms with Crippen LogP contribution in [-0.4, -0.2) is 33.2 Å². The van der Waals surface area contributed by atoms with Crippen LogP contribution in [0.2, 0.25) is 20.1 Å². The molecule has 5 nitrogen and oxygen atoms in total. The maximum Gasteiger partial charge on any atom is 0.264 e. The Labute approximate surface area is 229 Å². The highest BCUT2D eigenvalue weighted by Gasteiger charge is 2.27. The van der Waals surface area contributed by atoms with Crippen LogP contribution in [0.4, 0.5) is 5.69 Å². The second-order valence-corrected chi connectivity index (χ2v) is 12.3. The number of hydrogen-bond acceptors (Lipinski definition) is 4. The van der Waals surface area contributed by atoms with E-state index in [-0.39, 0.29) is 20.6 Å². The van der Waals surface area contributed by atoms with Crippen LogP contribution in [0.5, 0.6) is 0 Å². The topological polar surface area (TPSA) is 66.5 Å². The molecule has 0 saturated heterocycles. The van der Waals surface area contributed by atoms with Crippen molar-refractivity contribution in [2.24, 2.45) is 0 Å². The zero-order valence-electron chi connectivity index (χ0n) is 18.6. The summed E-state index contributed by atoms with van der Waals surface area (Å²) < 4.78 is 27.9. The average Bonchev–Trinajstić information content (AvgIpc) is 2.79. The van der Waals surface area contributed by atoms with Crippen molar-refractivity contribution in [3.05, 3.63) is 91.9 Å². The summed E-state index contributed by atoms with van der Waals surface area (Å²) in [6, 6.07) is 16.2. The number of rotatable bonds is 10. The highest BCUT2D eigenvalue weighted by atomic mass is 35.5. The van der Waals surface area contributed by atoms with Gasteiger partial charge < -0.3 is 5.32 Å². The summed E-state index contributed by atoms with van der Waals surface area (Å²) in [6.07, 6.45) is 0. The number of thioether (sulfide) groups is 1. The first-order chi connectivity index (χ1) is 16.6. The molecule has 0 atom stereocenters. The van der Waals surface area contributed by atoms with Crippen molar-refractivity contribution in [1.82, 2.24) is 5.32 Å². The maximum atomic E-state index is 13.4. The van der Waals surface area contributed by atoms with E-state index in [1.54, 1.807) is 36.0 Å². The highest BCUT2D eigenvalue weighted by Crippen LogP contribution is 2.30. The number of halogens is 4. The molecule has 0 heterocycles. The average molecular weight is 592 g/mol. The van der Waals surface area contributed by atoms with Crippen molar-refractivity contribution in [1.29, 1.82) is 0 Å². The van der Waals surface area contributed by atoms with E-state index in [1.807, 2.05) is 13.0 Å². The highest BCUT2D eigenvalue weighted by molar-refractivity contribution is 7.98. The Morgan fingerprint density at radius 1 is 0.914 bits per heavy atom. The van der Waals surface area contributed by atoms with Gasteiger partial charge in [0, 0.05) is 28.1 Å². The normalized spacial score (nSPS) is 11.3. The molecule has 1 N–H and O–H groups in total. The fourth-order valence-corrected chi connectivity index (χ4v) is 6.15. The summed E-state index contributed by atoms with van der Waals surface area (Å²) in [5.74, 6) is 0.869. The summed E-state index contributed by atoms with van der Waals surface area (Å²) in [5.41, 5.74) is 2.13. The molecular formula is C24H22Cl4N2O3S2. The van der Waals surface area contributed by atoms with E-state index in [4.69, 9.17) is 46.4 Å². The third-order valence-electron chi connectivity index (χ3n) is 4.85. The minimum absolute atomic E-state index is 0.0594. The van der Waals surface area contributed by atoms with Crippen LogP contribution < -0.4 is 9.62 Å². The van der Waals surface area contributed by atoms with Crippen molar-refractivity contribution < 1.29 is 13.2 Å². The summed E-state index contributed by atoms with van der Waals surface area (Å²) in [6.45, 7) is 1.79. The van der Waals surface area contributed by atoms with Crippen LogP contribution in [0.15, 0.2) is 65.6 Å². The van der Waals surface area contributed by atoms with E-state index in [1.165, 1.54) is 30.3 Å². The van der Waals surface area contributed by atoms with Crippen LogP contribution in [0, 0.1) is 6.92 Å². The van der Waals surface area contributed by atoms with Gasteiger partial charge in [0.2, 0.25) is 5.91 Å². The van der Waals surface area contributed by atoms with Crippen LogP contribution in [-0.2, 0) is 20.6 Å². The lowest BCUT2D eigenvalue weighted by Crippen LogP contribution is -2.41. The Morgan fingerprint density at radius 3 is 2.20 bits per heavy atom. The molecule has 0 spiro atoms. The first-order valence-corrected chi connectivity index (χ1v) is 14.5. The molecule has 0 aromatic heterocycles. The van der Waals surface area contributed by atoms with Crippen LogP contribution >= 0.6 is 58.2 Å². The maximum absolute atomic E-state index is 13.4. The van der Waals surface area contributed by atoms with Gasteiger partial charge in [0.05, 0.1) is 20.6 Å². The van der Waals surface area contributed by atoms with Crippen molar-refractivity contribution in [3.63, 3.8) is 0 Å². The lowest BCUT2D eigenvalue weighted by Gasteiger charge is -2.24. The molecule has 3 aromatic rings. The monoisotopic (exact) mass is 590 g/mol. The Bertz CT molecular complexity index is 1280. The smallest absolute Gasteiger partial charge is 0.264 e. The van der Waals surface area contributed by atoms with Gasteiger partial charge in [-0.15, -0.1) is 0 Å². The molecular weight excluding hydrogens is 570 g/mol. The predicted molar refractivity (Wildman–Crippen MR) is 148 cm³/mol. The summed E-state index contributed by atoms with van der Waals surface area (Å²) in [5, 5.41) is 4.29. The van der Waals surface area contributed by atoms with E-state index < -0.39 is 22.5 Å². The minimum Gasteiger partial charge on any atom is -0.354 e. The number of aryl methyl sites for hydroxylation is 1. The Morgan fingerprint density at radius 2 is 1.57 bits per heavy atom. The molecule has 0 saturated carbocycles. The number of hydrogen-bond donors (Lipinski definition) is 1. The number of sulfonamides is 1. The largest absolute Gasteiger partial charge is 0.354 e. The van der Waals surface area contributed by atoms with Crippen LogP contribution in [0.1, 0.15) is 11.1 Å². The van der Waals surface area contributed by atoms with Crippen molar-refractivity contribution in [3.8, 4) is 0 Å². The molecule has 0 fully saturated rings. The number of anilines is 1. The van der Waals surface area contributed by atoms with Gasteiger partial charge in [-0.1, -0.05) is 70.2 Å². The Hall–Kier alpha value is -1.61. The molecule has 11 heteroatoms. The second-order valence-electron chi connectivity index (χ2n) is 7.60. The van der Waals surface area contributed by atoms with Gasteiger partial charge in [0.25, 0.3) is 10.0 Å². The van der Waals surface area contributed by atoms with Crippen molar-refractivity contribution >= 4 is 79.8 Å². The minimum atomic E-state index is -4.05. The second kappa shape index (κ2) is 12.6. The standard InChI is InChI=1S/C24H22Cl4N2O3S2/c1-16-2-5-21(6-3-16)35(32,33)30(20-12-18(25)11-19(26)13-20)14-24(31)29-8-9-34-15-17-4-7-22(27)23(28)10-17/h2-7,10-13H,8-9,14-15H2,1H3,(H,29,31). The first kappa shape index (κ1) is 28.0. The number of carbonyl (C=O) groups is 1. The van der Waals surface area contributed by atoms with E-state index in [2.05, 4.69) is 5.32 Å². The fraction of sp³-hybridized carbons (Fsp3) is 0.208. The predicted octanol–water partition coefficient (Wildman–Crippen LogP) is 6.85. The molecule has 3 aromatic carbocycles. The zero-order valence-corrected chi connectivity index (χ0v) is 23.3. The summed E-state index contributed by atoms with van der Waals surface area (Å²) in [7, 11) is -4.05. The molecule has 0 radical (unpaired) electrons. The van der Waals surface area contributed by atoms with E-state index in [0.29, 0.717) is 28.1 Å². The SMILES string of the molecule is Cc1ccc(S(=O)(=O)N(CC(=O)NCCSCc2ccc(Cl)c(Cl)c2)c2cc(Cl)cc(Cl)c2)cc1. The third-order valence-corrected chi connectivity index (χ3v) is 8.85. The van der Waals surface area contributed by atoms with E-state index in [0.717, 1.165) is 15.4 Å². The number of amides is 1. The fourth-order valence-electron chi connectivity index (χ4n) is 3.10. The van der Waals surface area contributed by atoms with Crippen LogP contribution in [0.25, 0.3) is 0 Å². The Balaban J connectivity index is 1.67. The molecule has 0 unspecified atom stereocenters. The lowest BCUT2D eigenvalue weighted by atomic mass is 10.2. The summed E-state index contributed by atoms with van der Waals surface area (Å²) >= 11 is 25.8. The number of nitrogens with zero attached hydrogens (tertiary/aromatic N) is 1. The Kier molecular flexibility index (Phi) is 10.0. The van der Waals surface area contributed by atoms with Crippen molar-refractivity contribution in [2.45, 2.75) is 17.6 Å². The van der Waals surface area contributed by atoms with Gasteiger partial charge in [-0.3, -0.25) is 9.10 Å². The van der Waals surface area contributed by atoms with Gasteiger partial charge in [-0.05, 0) is 55.0 Å². The molecule has 0 bridgehead atoms. The molecule has 1 amide bonds. The molecule has 3 rings (SSSR count). The quantitative estimate of drug-likeness (QED) is 0.262. The van der Waals surface area contributed by atoms with Gasteiger partial charge in [-0.25, -0.2) is 8.42 Å². The number of benzene rings is 3. The molecule has 0 aliphatic heterocycles. The van der Waals surface area contributed by atoms with Gasteiger partial charge in [0.1, 0.15) is 6.54 Å². The van der Waals surface area contributed by atoms with Gasteiger partial charge >= 0.3 is 0 Å². The zero-order chi connectivity index (χ0) is 25.6. The lowest BCUT2D eigenvalue weighted by molar-refractivity contribution is -0.119. The van der Waals surface area contributed by atoms with E-state index in [9.17, 15) is 13.2 Å². The van der Waals surface area contributed by atoms with E-state index >= 15 is 0 Å². The number of carbonyl (C=O) groups excluding carboxylic acids is 1. The van der Waals surface area contributed by atoms with Gasteiger partial charge in [0.15, 0.2) is 0 Å². The first-order valence-electron chi connectivity index (χ1n) is 10.4. The van der Waals surface area contributed by atoms with Crippen molar-refractivity contribution in [2.75, 3.05) is 23.1 Å². The third kappa shape index (κ3) is 7.94.